The Morgan fingerprint density at radius 1 is 1.05 bits per heavy atom. The van der Waals surface area contributed by atoms with Crippen molar-refractivity contribution in [2.24, 2.45) is 12.1 Å². The molecule has 0 saturated carbocycles. The number of aromatic amines is 1. The van der Waals surface area contributed by atoms with Gasteiger partial charge in [-0.25, -0.2) is 15.4 Å². The highest BCUT2D eigenvalue weighted by atomic mass is 15.4. The Kier molecular flexibility index (Phi) is 2.86. The zero-order valence-corrected chi connectivity index (χ0v) is 12.0. The minimum Gasteiger partial charge on any atom is -0.326 e. The lowest BCUT2D eigenvalue weighted by atomic mass is 10.3. The van der Waals surface area contributed by atoms with Gasteiger partial charge in [-0.3, -0.25) is 0 Å². The van der Waals surface area contributed by atoms with E-state index in [1.54, 1.807) is 6.21 Å². The van der Waals surface area contributed by atoms with Gasteiger partial charge in [0.2, 0.25) is 5.95 Å². The molecule has 108 valence electrons. The number of anilines is 1. The van der Waals surface area contributed by atoms with Crippen LogP contribution in [0.1, 0.15) is 5.82 Å². The van der Waals surface area contributed by atoms with E-state index in [1.807, 2.05) is 60.1 Å². The summed E-state index contributed by atoms with van der Waals surface area (Å²) in [6.45, 7) is 0. The summed E-state index contributed by atoms with van der Waals surface area (Å²) in [7, 11) is 1.97. The number of para-hydroxylation sites is 4. The summed E-state index contributed by atoms with van der Waals surface area (Å²) in [5.74, 6) is 1.39. The highest BCUT2D eigenvalue weighted by molar-refractivity contribution is 5.85. The zero-order chi connectivity index (χ0) is 14.9. The van der Waals surface area contributed by atoms with Crippen molar-refractivity contribution in [3.63, 3.8) is 0 Å². The summed E-state index contributed by atoms with van der Waals surface area (Å²) in [5.41, 5.74) is 6.81. The fourth-order valence-corrected chi connectivity index (χ4v) is 2.44. The molecule has 0 bridgehead atoms. The third-order valence-corrected chi connectivity index (χ3v) is 3.56. The summed E-state index contributed by atoms with van der Waals surface area (Å²) in [6.07, 6.45) is 1.69. The fraction of sp³-hybridized carbons (Fsp3) is 0.0625. The summed E-state index contributed by atoms with van der Waals surface area (Å²) in [6, 6.07) is 15.8. The van der Waals surface area contributed by atoms with Gasteiger partial charge >= 0.3 is 0 Å². The molecule has 0 atom stereocenters. The SMILES string of the molecule is Cn1c(C=NNc2nc3ccccc3[nH]2)nc2ccccc21. The van der Waals surface area contributed by atoms with Crippen LogP contribution < -0.4 is 5.43 Å². The summed E-state index contributed by atoms with van der Waals surface area (Å²) < 4.78 is 2.00. The van der Waals surface area contributed by atoms with Crippen molar-refractivity contribution < 1.29 is 0 Å². The minimum absolute atomic E-state index is 0.608. The molecule has 2 heterocycles. The van der Waals surface area contributed by atoms with Gasteiger partial charge in [-0.05, 0) is 24.3 Å². The Hall–Kier alpha value is -3.15. The monoisotopic (exact) mass is 290 g/mol. The van der Waals surface area contributed by atoms with Gasteiger partial charge in [-0.15, -0.1) is 0 Å². The molecule has 0 radical (unpaired) electrons. The van der Waals surface area contributed by atoms with Crippen molar-refractivity contribution in [1.29, 1.82) is 0 Å². The predicted octanol–water partition coefficient (Wildman–Crippen LogP) is 2.90. The van der Waals surface area contributed by atoms with E-state index in [4.69, 9.17) is 0 Å². The molecule has 0 unspecified atom stereocenters. The largest absolute Gasteiger partial charge is 0.326 e. The Morgan fingerprint density at radius 3 is 2.64 bits per heavy atom. The van der Waals surface area contributed by atoms with E-state index in [0.717, 1.165) is 27.9 Å². The molecule has 4 rings (SSSR count). The molecule has 0 spiro atoms. The van der Waals surface area contributed by atoms with Crippen LogP contribution in [0.2, 0.25) is 0 Å². The van der Waals surface area contributed by atoms with E-state index in [9.17, 15) is 0 Å². The molecule has 2 aromatic carbocycles. The van der Waals surface area contributed by atoms with E-state index in [2.05, 4.69) is 25.5 Å². The second-order valence-electron chi connectivity index (χ2n) is 4.99. The fourth-order valence-electron chi connectivity index (χ4n) is 2.44. The van der Waals surface area contributed by atoms with Crippen molar-refractivity contribution in [1.82, 2.24) is 19.5 Å². The van der Waals surface area contributed by atoms with Crippen molar-refractivity contribution in [2.75, 3.05) is 5.43 Å². The van der Waals surface area contributed by atoms with E-state index < -0.39 is 0 Å². The molecular formula is C16H14N6. The number of H-pyrrole nitrogens is 1. The van der Waals surface area contributed by atoms with Crippen molar-refractivity contribution >= 4 is 34.2 Å². The maximum absolute atomic E-state index is 4.53. The lowest BCUT2D eigenvalue weighted by Gasteiger charge is -1.96. The smallest absolute Gasteiger partial charge is 0.222 e. The second-order valence-corrected chi connectivity index (χ2v) is 4.99. The summed E-state index contributed by atoms with van der Waals surface area (Å²) >= 11 is 0. The molecule has 22 heavy (non-hydrogen) atoms. The maximum atomic E-state index is 4.53. The van der Waals surface area contributed by atoms with E-state index in [1.165, 1.54) is 0 Å². The molecule has 0 aliphatic carbocycles. The average Bonchev–Trinajstić information content (AvgIpc) is 3.09. The molecule has 2 aromatic heterocycles. The number of hydrogen-bond donors (Lipinski definition) is 2. The van der Waals surface area contributed by atoms with Crippen LogP contribution in [-0.4, -0.2) is 25.7 Å². The number of imidazole rings is 2. The van der Waals surface area contributed by atoms with Gasteiger partial charge < -0.3 is 9.55 Å². The normalized spacial score (nSPS) is 11.7. The Labute approximate surface area is 126 Å². The number of hydrogen-bond acceptors (Lipinski definition) is 4. The molecule has 6 heteroatoms. The molecule has 4 aromatic rings. The second kappa shape index (κ2) is 5.00. The lowest BCUT2D eigenvalue weighted by Crippen LogP contribution is -1.99. The molecule has 0 amide bonds. The van der Waals surface area contributed by atoms with Crippen molar-refractivity contribution in [3.05, 3.63) is 54.4 Å². The third kappa shape index (κ3) is 2.10. The molecule has 6 nitrogen and oxygen atoms in total. The molecule has 0 fully saturated rings. The van der Waals surface area contributed by atoms with Crippen LogP contribution in [-0.2, 0) is 7.05 Å². The van der Waals surface area contributed by atoms with Crippen LogP contribution in [0, 0.1) is 0 Å². The van der Waals surface area contributed by atoms with Crippen molar-refractivity contribution in [3.8, 4) is 0 Å². The number of hydrazone groups is 1. The van der Waals surface area contributed by atoms with Gasteiger partial charge in [-0.1, -0.05) is 24.3 Å². The first-order valence-corrected chi connectivity index (χ1v) is 6.96. The van der Waals surface area contributed by atoms with Crippen LogP contribution in [0.5, 0.6) is 0 Å². The van der Waals surface area contributed by atoms with Gasteiger partial charge in [0, 0.05) is 7.05 Å². The molecule has 0 saturated heterocycles. The van der Waals surface area contributed by atoms with Crippen LogP contribution in [0.3, 0.4) is 0 Å². The number of aryl methyl sites for hydroxylation is 1. The maximum Gasteiger partial charge on any atom is 0.222 e. The number of fused-ring (bicyclic) bond motifs is 2. The highest BCUT2D eigenvalue weighted by Crippen LogP contribution is 2.14. The van der Waals surface area contributed by atoms with Crippen LogP contribution in [0.15, 0.2) is 53.6 Å². The molecule has 0 aliphatic heterocycles. The number of nitrogens with one attached hydrogen (secondary N) is 2. The van der Waals surface area contributed by atoms with Crippen LogP contribution in [0.4, 0.5) is 5.95 Å². The predicted molar refractivity (Wildman–Crippen MR) is 88.0 cm³/mol. The third-order valence-electron chi connectivity index (χ3n) is 3.56. The molecule has 2 N–H and O–H groups in total. The van der Waals surface area contributed by atoms with E-state index in [0.29, 0.717) is 5.95 Å². The van der Waals surface area contributed by atoms with Gasteiger partial charge in [0.1, 0.15) is 0 Å². The Balaban J connectivity index is 1.59. The van der Waals surface area contributed by atoms with E-state index in [-0.39, 0.29) is 0 Å². The van der Waals surface area contributed by atoms with Gasteiger partial charge in [0.05, 0.1) is 28.3 Å². The number of benzene rings is 2. The quantitative estimate of drug-likeness (QED) is 0.450. The van der Waals surface area contributed by atoms with Gasteiger partial charge in [0.25, 0.3) is 0 Å². The summed E-state index contributed by atoms with van der Waals surface area (Å²) in [5, 5.41) is 4.21. The standard InChI is InChI=1S/C16H14N6/c1-22-14-9-5-4-8-13(14)18-15(22)10-17-21-16-19-11-6-2-3-7-12(11)20-16/h2-10H,1H3,(H2,19,20,21). The summed E-state index contributed by atoms with van der Waals surface area (Å²) in [4.78, 5) is 12.1. The molecule has 0 aliphatic rings. The first kappa shape index (κ1) is 12.6. The van der Waals surface area contributed by atoms with Crippen molar-refractivity contribution in [2.45, 2.75) is 0 Å². The average molecular weight is 290 g/mol. The number of nitrogens with zero attached hydrogens (tertiary/aromatic N) is 4. The first-order chi connectivity index (χ1) is 10.8. The first-order valence-electron chi connectivity index (χ1n) is 6.96. The topological polar surface area (TPSA) is 70.9 Å². The minimum atomic E-state index is 0.608. The zero-order valence-electron chi connectivity index (χ0n) is 12.0. The lowest BCUT2D eigenvalue weighted by molar-refractivity contribution is 0.933. The van der Waals surface area contributed by atoms with Crippen LogP contribution >= 0.6 is 0 Å². The highest BCUT2D eigenvalue weighted by Gasteiger charge is 2.04. The number of rotatable bonds is 3. The van der Waals surface area contributed by atoms with Gasteiger partial charge in [-0.2, -0.15) is 5.10 Å². The van der Waals surface area contributed by atoms with Crippen LogP contribution in [0.25, 0.3) is 22.1 Å². The Bertz CT molecular complexity index is 946. The Morgan fingerprint density at radius 2 is 1.82 bits per heavy atom. The van der Waals surface area contributed by atoms with E-state index >= 15 is 0 Å². The van der Waals surface area contributed by atoms with Gasteiger partial charge in [0.15, 0.2) is 5.82 Å². The molecular weight excluding hydrogens is 276 g/mol. The number of aromatic nitrogens is 4.